The summed E-state index contributed by atoms with van der Waals surface area (Å²) in [6.45, 7) is 0.610. The number of nitrogens with one attached hydrogen (secondary N) is 1. The van der Waals surface area contributed by atoms with E-state index in [-0.39, 0.29) is 6.42 Å². The predicted octanol–water partition coefficient (Wildman–Crippen LogP) is 0.153. The first-order valence-corrected chi connectivity index (χ1v) is 4.78. The van der Waals surface area contributed by atoms with Gasteiger partial charge < -0.3 is 4.74 Å². The van der Waals surface area contributed by atoms with Gasteiger partial charge in [-0.1, -0.05) is 5.92 Å². The predicted molar refractivity (Wildman–Crippen MR) is 51.3 cm³/mol. The average molecular weight is 211 g/mol. The molecule has 1 heterocycles. The van der Waals surface area contributed by atoms with Gasteiger partial charge in [0, 0.05) is 13.0 Å². The van der Waals surface area contributed by atoms with E-state index in [0.29, 0.717) is 13.0 Å². The molecule has 1 amide bonds. The largest absolute Gasteiger partial charge is 0.350 e. The van der Waals surface area contributed by atoms with E-state index in [0.717, 1.165) is 12.8 Å². The van der Waals surface area contributed by atoms with Gasteiger partial charge in [-0.2, -0.15) is 0 Å². The highest BCUT2D eigenvalue weighted by atomic mass is 16.8. The molecule has 0 bridgehead atoms. The van der Waals surface area contributed by atoms with Gasteiger partial charge >= 0.3 is 5.91 Å². The number of carbonyl (C=O) groups is 2. The van der Waals surface area contributed by atoms with E-state index in [1.165, 1.54) is 0 Å². The van der Waals surface area contributed by atoms with Gasteiger partial charge in [-0.05, 0) is 12.8 Å². The number of ketones is 1. The molecule has 82 valence electrons. The molecule has 1 rings (SSSR count). The SMILES string of the molecule is C#CCC(=O)C(=O)NOC1CCCCO1. The molecule has 1 aliphatic heterocycles. The van der Waals surface area contributed by atoms with Gasteiger partial charge in [-0.15, -0.1) is 6.42 Å². The normalized spacial score (nSPS) is 20.3. The van der Waals surface area contributed by atoms with Crippen LogP contribution in [0.15, 0.2) is 0 Å². The Morgan fingerprint density at radius 3 is 2.93 bits per heavy atom. The van der Waals surface area contributed by atoms with E-state index in [2.05, 4.69) is 5.92 Å². The van der Waals surface area contributed by atoms with Crippen molar-refractivity contribution >= 4 is 11.7 Å². The summed E-state index contributed by atoms with van der Waals surface area (Å²) in [5, 5.41) is 0. The van der Waals surface area contributed by atoms with Crippen LogP contribution >= 0.6 is 0 Å². The number of hydroxylamine groups is 1. The smallest absolute Gasteiger partial charge is 0.312 e. The number of hydrogen-bond donors (Lipinski definition) is 1. The maximum Gasteiger partial charge on any atom is 0.312 e. The lowest BCUT2D eigenvalue weighted by Crippen LogP contribution is -2.36. The maximum atomic E-state index is 11.0. The third-order valence-electron chi connectivity index (χ3n) is 1.94. The van der Waals surface area contributed by atoms with Crippen molar-refractivity contribution in [1.82, 2.24) is 5.48 Å². The molecule has 1 N–H and O–H groups in total. The molecule has 15 heavy (non-hydrogen) atoms. The Morgan fingerprint density at radius 1 is 1.53 bits per heavy atom. The molecule has 5 heteroatoms. The molecule has 1 atom stereocenters. The number of terminal acetylenes is 1. The second-order valence-electron chi connectivity index (χ2n) is 3.15. The number of Topliss-reactive ketones (excluding diaryl/α,β-unsaturated/α-hetero) is 1. The molecule has 0 radical (unpaired) electrons. The molecule has 0 aromatic rings. The van der Waals surface area contributed by atoms with Crippen LogP contribution in [0, 0.1) is 12.3 Å². The Labute approximate surface area is 88.1 Å². The Balaban J connectivity index is 2.21. The van der Waals surface area contributed by atoms with E-state index < -0.39 is 18.0 Å². The molecule has 0 aromatic carbocycles. The lowest BCUT2D eigenvalue weighted by molar-refractivity contribution is -0.200. The minimum absolute atomic E-state index is 0.222. The van der Waals surface area contributed by atoms with Crippen LogP contribution in [0.25, 0.3) is 0 Å². The first-order chi connectivity index (χ1) is 7.24. The molecule has 1 unspecified atom stereocenters. The molecule has 5 nitrogen and oxygen atoms in total. The maximum absolute atomic E-state index is 11.0. The van der Waals surface area contributed by atoms with Crippen LogP contribution in [0.2, 0.25) is 0 Å². The average Bonchev–Trinajstić information content (AvgIpc) is 2.27. The molecule has 1 aliphatic rings. The molecule has 0 saturated carbocycles. The third-order valence-corrected chi connectivity index (χ3v) is 1.94. The van der Waals surface area contributed by atoms with E-state index in [1.807, 2.05) is 5.48 Å². The van der Waals surface area contributed by atoms with Crippen molar-refractivity contribution in [3.05, 3.63) is 0 Å². The summed E-state index contributed by atoms with van der Waals surface area (Å²) in [6.07, 6.45) is 6.90. The number of ether oxygens (including phenoxy) is 1. The lowest BCUT2D eigenvalue weighted by Gasteiger charge is -2.21. The summed E-state index contributed by atoms with van der Waals surface area (Å²) < 4.78 is 5.18. The molecule has 1 saturated heterocycles. The van der Waals surface area contributed by atoms with Gasteiger partial charge in [0.15, 0.2) is 6.29 Å². The Morgan fingerprint density at radius 2 is 2.33 bits per heavy atom. The van der Waals surface area contributed by atoms with Crippen molar-refractivity contribution in [2.45, 2.75) is 32.0 Å². The monoisotopic (exact) mass is 211 g/mol. The molecule has 0 aromatic heterocycles. The standard InChI is InChI=1S/C10H13NO4/c1-2-5-8(12)10(13)11-15-9-6-3-4-7-14-9/h1,9H,3-7H2,(H,11,13). The van der Waals surface area contributed by atoms with Crippen LogP contribution in [0.3, 0.4) is 0 Å². The number of hydrogen-bond acceptors (Lipinski definition) is 4. The van der Waals surface area contributed by atoms with Gasteiger partial charge in [0.1, 0.15) is 0 Å². The minimum atomic E-state index is -0.831. The second kappa shape index (κ2) is 6.17. The van der Waals surface area contributed by atoms with Crippen molar-refractivity contribution in [2.75, 3.05) is 6.61 Å². The molecule has 1 fully saturated rings. The third kappa shape index (κ3) is 4.11. The van der Waals surface area contributed by atoms with Crippen molar-refractivity contribution in [2.24, 2.45) is 0 Å². The van der Waals surface area contributed by atoms with Crippen LogP contribution in [0.1, 0.15) is 25.7 Å². The lowest BCUT2D eigenvalue weighted by atomic mass is 10.2. The van der Waals surface area contributed by atoms with E-state index in [9.17, 15) is 9.59 Å². The fourth-order valence-corrected chi connectivity index (χ4v) is 1.15. The van der Waals surface area contributed by atoms with Gasteiger partial charge in [0.05, 0.1) is 6.42 Å². The van der Waals surface area contributed by atoms with Gasteiger partial charge in [0.2, 0.25) is 5.78 Å². The van der Waals surface area contributed by atoms with Crippen molar-refractivity contribution in [1.29, 1.82) is 0 Å². The number of amides is 1. The van der Waals surface area contributed by atoms with Crippen molar-refractivity contribution in [3.63, 3.8) is 0 Å². The minimum Gasteiger partial charge on any atom is -0.350 e. The van der Waals surface area contributed by atoms with E-state index >= 15 is 0 Å². The Kier molecular flexibility index (Phi) is 4.81. The van der Waals surface area contributed by atoms with Crippen LogP contribution in [-0.4, -0.2) is 24.6 Å². The topological polar surface area (TPSA) is 64.6 Å². The molecular weight excluding hydrogens is 198 g/mol. The van der Waals surface area contributed by atoms with Gasteiger partial charge in [-0.25, -0.2) is 10.3 Å². The first-order valence-electron chi connectivity index (χ1n) is 4.78. The fraction of sp³-hybridized carbons (Fsp3) is 0.600. The van der Waals surface area contributed by atoms with Gasteiger partial charge in [-0.3, -0.25) is 9.59 Å². The quantitative estimate of drug-likeness (QED) is 0.408. The number of rotatable bonds is 4. The molecule has 0 spiro atoms. The van der Waals surface area contributed by atoms with Crippen LogP contribution in [-0.2, 0) is 19.2 Å². The van der Waals surface area contributed by atoms with Crippen LogP contribution in [0.4, 0.5) is 0 Å². The second-order valence-corrected chi connectivity index (χ2v) is 3.15. The van der Waals surface area contributed by atoms with E-state index in [1.54, 1.807) is 0 Å². The summed E-state index contributed by atoms with van der Waals surface area (Å²) in [7, 11) is 0. The highest BCUT2D eigenvalue weighted by Crippen LogP contribution is 2.12. The fourth-order valence-electron chi connectivity index (χ4n) is 1.15. The van der Waals surface area contributed by atoms with Crippen LogP contribution < -0.4 is 5.48 Å². The summed E-state index contributed by atoms with van der Waals surface area (Å²) in [5.74, 6) is 0.571. The molecular formula is C10H13NO4. The zero-order chi connectivity index (χ0) is 11.1. The summed E-state index contributed by atoms with van der Waals surface area (Å²) in [4.78, 5) is 26.9. The van der Waals surface area contributed by atoms with Crippen molar-refractivity contribution in [3.8, 4) is 12.3 Å². The zero-order valence-electron chi connectivity index (χ0n) is 8.32. The van der Waals surface area contributed by atoms with Gasteiger partial charge in [0.25, 0.3) is 0 Å². The highest BCUT2D eigenvalue weighted by Gasteiger charge is 2.18. The summed E-state index contributed by atoms with van der Waals surface area (Å²) in [5.41, 5.74) is 2.03. The van der Waals surface area contributed by atoms with E-state index in [4.69, 9.17) is 16.0 Å². The Bertz CT molecular complexity index is 276. The number of carbonyl (C=O) groups excluding carboxylic acids is 2. The zero-order valence-corrected chi connectivity index (χ0v) is 8.32. The summed E-state index contributed by atoms with van der Waals surface area (Å²) in [6, 6.07) is 0. The summed E-state index contributed by atoms with van der Waals surface area (Å²) >= 11 is 0. The molecule has 0 aliphatic carbocycles. The van der Waals surface area contributed by atoms with Crippen molar-refractivity contribution < 1.29 is 19.2 Å². The van der Waals surface area contributed by atoms with Crippen LogP contribution in [0.5, 0.6) is 0 Å². The first kappa shape index (κ1) is 11.7. The highest BCUT2D eigenvalue weighted by molar-refractivity contribution is 6.36. The Hall–Kier alpha value is -1.38.